The summed E-state index contributed by atoms with van der Waals surface area (Å²) < 4.78 is 0. The average molecular weight is 166 g/mol. The van der Waals surface area contributed by atoms with Gasteiger partial charge in [0.1, 0.15) is 8.07 Å². The highest BCUT2D eigenvalue weighted by Gasteiger charge is 2.35. The Labute approximate surface area is 71.4 Å². The van der Waals surface area contributed by atoms with Crippen molar-refractivity contribution in [1.29, 1.82) is 0 Å². The minimum absolute atomic E-state index is 0.618. The van der Waals surface area contributed by atoms with E-state index in [4.69, 9.17) is 0 Å². The summed E-state index contributed by atoms with van der Waals surface area (Å²) in [7, 11) is -1.09. The van der Waals surface area contributed by atoms with Crippen molar-refractivity contribution in [3.63, 3.8) is 0 Å². The van der Waals surface area contributed by atoms with E-state index in [0.717, 1.165) is 6.42 Å². The van der Waals surface area contributed by atoms with Gasteiger partial charge < -0.3 is 0 Å². The van der Waals surface area contributed by atoms with E-state index in [1.54, 1.807) is 0 Å². The summed E-state index contributed by atoms with van der Waals surface area (Å²) >= 11 is 0. The third-order valence-corrected chi connectivity index (χ3v) is 3.01. The number of hydrogen-bond acceptors (Lipinski definition) is 0. The lowest BCUT2D eigenvalue weighted by molar-refractivity contribution is 0.595. The monoisotopic (exact) mass is 166 g/mol. The van der Waals surface area contributed by atoms with Crippen molar-refractivity contribution < 1.29 is 0 Å². The molecule has 0 heterocycles. The van der Waals surface area contributed by atoms with Crippen LogP contribution in [-0.4, -0.2) is 8.07 Å². The van der Waals surface area contributed by atoms with Gasteiger partial charge in [0.15, 0.2) is 0 Å². The molecule has 0 spiro atoms. The quantitative estimate of drug-likeness (QED) is 0.415. The fourth-order valence-electron chi connectivity index (χ4n) is 0.913. The van der Waals surface area contributed by atoms with Gasteiger partial charge >= 0.3 is 0 Å². The van der Waals surface area contributed by atoms with E-state index in [1.165, 1.54) is 12.8 Å². The highest BCUT2D eigenvalue weighted by molar-refractivity contribution is 6.83. The molecule has 0 unspecified atom stereocenters. The highest BCUT2D eigenvalue weighted by atomic mass is 28.3. The summed E-state index contributed by atoms with van der Waals surface area (Å²) in [6.45, 7) is 9.24. The zero-order valence-corrected chi connectivity index (χ0v) is 9.12. The first-order valence-corrected chi connectivity index (χ1v) is 7.91. The van der Waals surface area contributed by atoms with Crippen molar-refractivity contribution in [2.75, 3.05) is 0 Å². The van der Waals surface area contributed by atoms with E-state index in [-0.39, 0.29) is 0 Å². The molecule has 1 saturated carbocycles. The van der Waals surface area contributed by atoms with Gasteiger partial charge in [0, 0.05) is 6.42 Å². The molecular formula is C10H18Si. The fraction of sp³-hybridized carbons (Fsp3) is 0.800. The molecule has 0 aliphatic heterocycles. The Morgan fingerprint density at radius 2 is 1.82 bits per heavy atom. The topological polar surface area (TPSA) is 0 Å². The standard InChI is InChI=1S/C10H18Si/c1-10(7-8-10)6-5-9-11(2,3)4/h6-8H2,1-4H3. The van der Waals surface area contributed by atoms with Crippen molar-refractivity contribution >= 4 is 8.07 Å². The molecule has 0 bridgehead atoms. The number of rotatable bonds is 1. The molecule has 0 atom stereocenters. The van der Waals surface area contributed by atoms with Crippen LogP contribution in [0.2, 0.25) is 19.6 Å². The van der Waals surface area contributed by atoms with Crippen molar-refractivity contribution in [3.8, 4) is 11.5 Å². The SMILES string of the molecule is CC1(CC#C[Si](C)(C)C)CC1. The maximum absolute atomic E-state index is 3.41. The van der Waals surface area contributed by atoms with Crippen molar-refractivity contribution in [2.24, 2.45) is 5.41 Å². The molecule has 0 amide bonds. The highest BCUT2D eigenvalue weighted by Crippen LogP contribution is 2.47. The van der Waals surface area contributed by atoms with Crippen LogP contribution in [-0.2, 0) is 0 Å². The van der Waals surface area contributed by atoms with E-state index >= 15 is 0 Å². The first-order chi connectivity index (χ1) is 4.91. The summed E-state index contributed by atoms with van der Waals surface area (Å²) in [5, 5.41) is 0. The van der Waals surface area contributed by atoms with E-state index in [1.807, 2.05) is 0 Å². The lowest BCUT2D eigenvalue weighted by Crippen LogP contribution is -2.16. The molecule has 0 aromatic carbocycles. The van der Waals surface area contributed by atoms with Crippen LogP contribution in [0.1, 0.15) is 26.2 Å². The minimum atomic E-state index is -1.09. The van der Waals surface area contributed by atoms with Gasteiger partial charge in [-0.15, -0.1) is 11.5 Å². The minimum Gasteiger partial charge on any atom is -0.132 e. The maximum atomic E-state index is 3.41. The molecular weight excluding hydrogens is 148 g/mol. The van der Waals surface area contributed by atoms with Crippen molar-refractivity contribution in [2.45, 2.75) is 45.8 Å². The van der Waals surface area contributed by atoms with Gasteiger partial charge in [0.25, 0.3) is 0 Å². The van der Waals surface area contributed by atoms with Crippen LogP contribution in [0.15, 0.2) is 0 Å². The smallest absolute Gasteiger partial charge is 0.129 e. The van der Waals surface area contributed by atoms with E-state index in [2.05, 4.69) is 38.0 Å². The molecule has 62 valence electrons. The molecule has 0 nitrogen and oxygen atoms in total. The van der Waals surface area contributed by atoms with Gasteiger partial charge in [-0.3, -0.25) is 0 Å². The van der Waals surface area contributed by atoms with Gasteiger partial charge in [0.05, 0.1) is 0 Å². The van der Waals surface area contributed by atoms with Crippen LogP contribution in [0.4, 0.5) is 0 Å². The van der Waals surface area contributed by atoms with Gasteiger partial charge in [-0.25, -0.2) is 0 Å². The Hall–Kier alpha value is -0.223. The molecule has 11 heavy (non-hydrogen) atoms. The molecule has 0 aromatic heterocycles. The van der Waals surface area contributed by atoms with E-state index in [0.29, 0.717) is 5.41 Å². The molecule has 1 rings (SSSR count). The summed E-state index contributed by atoms with van der Waals surface area (Å²) in [6.07, 6.45) is 3.93. The van der Waals surface area contributed by atoms with Crippen molar-refractivity contribution in [3.05, 3.63) is 0 Å². The first-order valence-electron chi connectivity index (χ1n) is 4.41. The van der Waals surface area contributed by atoms with Crippen LogP contribution < -0.4 is 0 Å². The van der Waals surface area contributed by atoms with Crippen LogP contribution in [0.3, 0.4) is 0 Å². The van der Waals surface area contributed by atoms with Crippen LogP contribution in [0.25, 0.3) is 0 Å². The largest absolute Gasteiger partial charge is 0.132 e. The van der Waals surface area contributed by atoms with E-state index < -0.39 is 8.07 Å². The lowest BCUT2D eigenvalue weighted by atomic mass is 10.1. The molecule has 1 aliphatic rings. The van der Waals surface area contributed by atoms with Crippen LogP contribution in [0, 0.1) is 16.9 Å². The Bertz CT molecular complexity index is 195. The third-order valence-electron chi connectivity index (χ3n) is 2.08. The summed E-state index contributed by atoms with van der Waals surface area (Å²) in [5.41, 5.74) is 4.03. The Morgan fingerprint density at radius 1 is 1.27 bits per heavy atom. The Kier molecular flexibility index (Phi) is 2.16. The summed E-state index contributed by atoms with van der Waals surface area (Å²) in [5.74, 6) is 3.34. The first kappa shape index (κ1) is 8.87. The molecule has 0 saturated heterocycles. The second kappa shape index (κ2) is 2.68. The molecule has 1 aliphatic carbocycles. The normalized spacial score (nSPS) is 20.4. The Morgan fingerprint density at radius 3 is 2.18 bits per heavy atom. The fourth-order valence-corrected chi connectivity index (χ4v) is 1.53. The van der Waals surface area contributed by atoms with Gasteiger partial charge in [0.2, 0.25) is 0 Å². The summed E-state index contributed by atoms with van der Waals surface area (Å²) in [6, 6.07) is 0. The average Bonchev–Trinajstić information content (AvgIpc) is 2.44. The number of hydrogen-bond donors (Lipinski definition) is 0. The van der Waals surface area contributed by atoms with Crippen LogP contribution in [0.5, 0.6) is 0 Å². The van der Waals surface area contributed by atoms with Gasteiger partial charge in [-0.05, 0) is 18.3 Å². The zero-order valence-electron chi connectivity index (χ0n) is 8.12. The summed E-state index contributed by atoms with van der Waals surface area (Å²) in [4.78, 5) is 0. The van der Waals surface area contributed by atoms with E-state index in [9.17, 15) is 0 Å². The molecule has 1 heteroatoms. The van der Waals surface area contributed by atoms with Crippen molar-refractivity contribution in [1.82, 2.24) is 0 Å². The maximum Gasteiger partial charge on any atom is 0.129 e. The Balaban J connectivity index is 2.34. The molecule has 1 fully saturated rings. The second-order valence-corrected chi connectivity index (χ2v) is 9.79. The van der Waals surface area contributed by atoms with Gasteiger partial charge in [-0.1, -0.05) is 26.6 Å². The predicted octanol–water partition coefficient (Wildman–Crippen LogP) is 3.06. The molecule has 0 radical (unpaired) electrons. The third kappa shape index (κ3) is 3.62. The lowest BCUT2D eigenvalue weighted by Gasteiger charge is -2.04. The zero-order chi connectivity index (χ0) is 8.54. The second-order valence-electron chi connectivity index (χ2n) is 5.04. The van der Waals surface area contributed by atoms with Crippen LogP contribution >= 0.6 is 0 Å². The molecule has 0 aromatic rings. The molecule has 0 N–H and O–H groups in total. The van der Waals surface area contributed by atoms with Gasteiger partial charge in [-0.2, -0.15) is 0 Å². The predicted molar refractivity (Wildman–Crippen MR) is 53.1 cm³/mol.